The van der Waals surface area contributed by atoms with Gasteiger partial charge in [-0.1, -0.05) is 0 Å². The first-order valence-corrected chi connectivity index (χ1v) is 14.3. The molecule has 7 N–H and O–H groups in total. The molecular weight excluding hydrogens is 734 g/mol. The van der Waals surface area contributed by atoms with Gasteiger partial charge in [0.25, 0.3) is 14.9 Å². The lowest BCUT2D eigenvalue weighted by molar-refractivity contribution is -0.0702. The quantitative estimate of drug-likeness (QED) is 0.114. The van der Waals surface area contributed by atoms with Gasteiger partial charge in [0, 0.05) is 24.9 Å². The third-order valence-electron chi connectivity index (χ3n) is 5.56. The maximum atomic E-state index is 11.7. The van der Waals surface area contributed by atoms with Gasteiger partial charge in [0.2, 0.25) is 0 Å². The normalized spacial score (nSPS) is 31.3. The molecule has 0 aliphatic carbocycles. The minimum Gasteiger partial charge on any atom is -0.394 e. The van der Waals surface area contributed by atoms with E-state index in [9.17, 15) is 40.6 Å². The molecule has 4 heterocycles. The Hall–Kier alpha value is -1.86. The molecule has 0 bridgehead atoms. The summed E-state index contributed by atoms with van der Waals surface area (Å²) >= 11 is -2.77. The highest BCUT2D eigenvalue weighted by Crippen LogP contribution is 2.46. The number of rotatable bonds is 5. The molecule has 0 radical (unpaired) electrons. The molecule has 206 valence electrons. The fourth-order valence-electron chi connectivity index (χ4n) is 3.69. The Kier molecular flexibility index (Phi) is 9.55. The summed E-state index contributed by atoms with van der Waals surface area (Å²) in [5.74, 6) is 0. The Labute approximate surface area is 225 Å². The molecular formula is C18H22I2N4O13. The number of halogens is 2. The Morgan fingerprint density at radius 2 is 1.70 bits per heavy atom. The summed E-state index contributed by atoms with van der Waals surface area (Å²) in [7, 11) is 0. The van der Waals surface area contributed by atoms with Crippen molar-refractivity contribution in [2.75, 3.05) is 13.2 Å². The van der Waals surface area contributed by atoms with E-state index >= 15 is 0 Å². The van der Waals surface area contributed by atoms with Gasteiger partial charge in [-0.2, -0.15) is 0 Å². The highest BCUT2D eigenvalue weighted by molar-refractivity contribution is 14.2. The van der Waals surface area contributed by atoms with E-state index in [0.717, 1.165) is 12.3 Å². The molecule has 2 aliphatic rings. The van der Waals surface area contributed by atoms with Gasteiger partial charge in [-0.3, -0.25) is 28.7 Å². The molecule has 2 aromatic rings. The SMILES string of the molecule is O=c1[nH]c(=O)n([C@H]2C[C@H](O)[C@@H](CO)O2)cc1I.O=c1ccn([C@]2(I(=O)=O)O[C@H](CO)[C@@H](O)[C@H]2O)c(=O)[nH]1. The number of alkyl halides is 1. The molecule has 2 fully saturated rings. The smallest absolute Gasteiger partial charge is 0.365 e. The molecule has 4 rings (SSSR count). The molecule has 37 heavy (non-hydrogen) atoms. The molecule has 0 spiro atoms. The third-order valence-corrected chi connectivity index (χ3v) is 9.00. The molecule has 2 aliphatic heterocycles. The lowest BCUT2D eigenvalue weighted by Gasteiger charge is -2.25. The van der Waals surface area contributed by atoms with Crippen LogP contribution in [0.25, 0.3) is 0 Å². The van der Waals surface area contributed by atoms with Gasteiger partial charge in [0.15, 0.2) is 0 Å². The van der Waals surface area contributed by atoms with E-state index < -0.39 is 89.4 Å². The van der Waals surface area contributed by atoms with Crippen molar-refractivity contribution in [2.24, 2.45) is 0 Å². The van der Waals surface area contributed by atoms with E-state index in [2.05, 4.69) is 4.98 Å². The van der Waals surface area contributed by atoms with Gasteiger partial charge in [-0.15, -0.1) is 0 Å². The number of nitrogens with one attached hydrogen (secondary N) is 2. The lowest BCUT2D eigenvalue weighted by atomic mass is 10.1. The largest absolute Gasteiger partial charge is 0.394 e. The third kappa shape index (κ3) is 5.78. The van der Waals surface area contributed by atoms with E-state index in [0.29, 0.717) is 8.14 Å². The second-order valence-corrected chi connectivity index (χ2v) is 11.8. The van der Waals surface area contributed by atoms with Crippen LogP contribution in [0.3, 0.4) is 0 Å². The van der Waals surface area contributed by atoms with Crippen molar-refractivity contribution >= 4 is 42.4 Å². The highest BCUT2D eigenvalue weighted by atomic mass is 127. The molecule has 2 saturated heterocycles. The zero-order chi connectivity index (χ0) is 27.7. The van der Waals surface area contributed by atoms with Gasteiger partial charge in [-0.25, -0.2) is 15.7 Å². The summed E-state index contributed by atoms with van der Waals surface area (Å²) in [5, 5.41) is 47.1. The molecule has 2 aromatic heterocycles. The summed E-state index contributed by atoms with van der Waals surface area (Å²) in [6.45, 7) is -1.06. The van der Waals surface area contributed by atoms with Crippen LogP contribution in [0.4, 0.5) is 0 Å². The second-order valence-electron chi connectivity index (χ2n) is 7.84. The molecule has 0 aromatic carbocycles. The van der Waals surface area contributed by atoms with Crippen molar-refractivity contribution in [3.63, 3.8) is 0 Å². The fraction of sp³-hybridized carbons (Fsp3) is 0.556. The van der Waals surface area contributed by atoms with Crippen molar-refractivity contribution in [3.05, 3.63) is 63.7 Å². The molecule has 0 amide bonds. The lowest BCUT2D eigenvalue weighted by Crippen LogP contribution is -2.48. The van der Waals surface area contributed by atoms with Gasteiger partial charge >= 0.3 is 31.2 Å². The molecule has 17 nitrogen and oxygen atoms in total. The molecule has 7 atom stereocenters. The van der Waals surface area contributed by atoms with Gasteiger partial charge < -0.3 is 35.0 Å². The number of ether oxygens (including phenoxy) is 2. The number of aromatic nitrogens is 4. The number of aromatic amines is 2. The minimum absolute atomic E-state index is 0.202. The zero-order valence-corrected chi connectivity index (χ0v) is 22.8. The first-order valence-electron chi connectivity index (χ1n) is 10.3. The van der Waals surface area contributed by atoms with Crippen LogP contribution < -0.4 is 22.5 Å². The Morgan fingerprint density at radius 1 is 1.05 bits per heavy atom. The number of aliphatic hydroxyl groups is 5. The van der Waals surface area contributed by atoms with Gasteiger partial charge in [0.1, 0.15) is 30.6 Å². The summed E-state index contributed by atoms with van der Waals surface area (Å²) in [5.41, 5.74) is -2.92. The van der Waals surface area contributed by atoms with Crippen LogP contribution in [0, 0.1) is 3.57 Å². The maximum Gasteiger partial charge on any atom is 0.365 e. The van der Waals surface area contributed by atoms with Crippen molar-refractivity contribution in [2.45, 2.75) is 46.9 Å². The summed E-state index contributed by atoms with van der Waals surface area (Å²) in [6, 6.07) is 0.873. The maximum absolute atomic E-state index is 11.7. The standard InChI is InChI=1S/C9H11IN2O8.C9H11IN2O5/c13-3-4-6(15)7(16)9(20-4,10(18)19)12-2-1-5(14)11-8(12)17;10-4-2-12(9(16)11-8(4)15)7-1-5(14)6(3-13)17-7/h1-2,4,6-7,13,15-16H,3H2,(H,11,14,17);2,5-7,13-14H,1,3H2,(H,11,15,16)/t4-,6-,7-,9+;5-,6+,7+/m10/s1. The van der Waals surface area contributed by atoms with E-state index in [4.69, 9.17) is 19.7 Å². The van der Waals surface area contributed by atoms with Crippen molar-refractivity contribution in [3.8, 4) is 0 Å². The van der Waals surface area contributed by atoms with Crippen LogP contribution in [0.1, 0.15) is 12.6 Å². The van der Waals surface area contributed by atoms with Gasteiger partial charge in [0.05, 0.1) is 22.9 Å². The van der Waals surface area contributed by atoms with Crippen molar-refractivity contribution < 1.29 is 41.1 Å². The number of H-pyrrole nitrogens is 2. The predicted molar refractivity (Wildman–Crippen MR) is 134 cm³/mol. The van der Waals surface area contributed by atoms with E-state index in [1.165, 1.54) is 10.8 Å². The van der Waals surface area contributed by atoms with Gasteiger partial charge in [-0.05, 0) is 22.6 Å². The average molecular weight is 756 g/mol. The first kappa shape index (κ1) is 29.7. The van der Waals surface area contributed by atoms with Crippen molar-refractivity contribution in [1.82, 2.24) is 19.1 Å². The monoisotopic (exact) mass is 756 g/mol. The Balaban J connectivity index is 0.000000208. The Morgan fingerprint density at radius 3 is 2.22 bits per heavy atom. The zero-order valence-electron chi connectivity index (χ0n) is 18.5. The van der Waals surface area contributed by atoms with Crippen LogP contribution in [0.5, 0.6) is 0 Å². The topological polar surface area (TPSA) is 263 Å². The molecule has 0 saturated carbocycles. The van der Waals surface area contributed by atoms with Crippen LogP contribution in [-0.4, -0.2) is 88.4 Å². The average Bonchev–Trinajstić information content (AvgIpc) is 3.34. The fourth-order valence-corrected chi connectivity index (χ4v) is 6.36. The van der Waals surface area contributed by atoms with Crippen LogP contribution in [0.15, 0.2) is 37.6 Å². The minimum atomic E-state index is -4.57. The van der Waals surface area contributed by atoms with Crippen molar-refractivity contribution in [1.29, 1.82) is 0 Å². The highest BCUT2D eigenvalue weighted by Gasteiger charge is 2.60. The first-order chi connectivity index (χ1) is 17.4. The van der Waals surface area contributed by atoms with E-state index in [-0.39, 0.29) is 13.0 Å². The molecule has 0 unspecified atom stereocenters. The van der Waals surface area contributed by atoms with E-state index in [1.54, 1.807) is 22.6 Å². The second kappa shape index (κ2) is 11.9. The number of hydrogen-bond donors (Lipinski definition) is 7. The van der Waals surface area contributed by atoms with Crippen LogP contribution in [0.2, 0.25) is 0 Å². The Bertz CT molecular complexity index is 1420. The number of aliphatic hydroxyl groups excluding tert-OH is 5. The van der Waals surface area contributed by atoms with Crippen LogP contribution in [-0.2, 0) is 19.3 Å². The summed E-state index contributed by atoms with van der Waals surface area (Å²) < 4.78 is 33.1. The van der Waals surface area contributed by atoms with E-state index in [1.807, 2.05) is 4.98 Å². The number of nitrogens with zero attached hydrogens (tertiary/aromatic N) is 2. The number of hydrogen-bond acceptors (Lipinski definition) is 13. The predicted octanol–water partition coefficient (Wildman–Crippen LogP) is -3.76. The molecule has 19 heteroatoms. The van der Waals surface area contributed by atoms with Crippen LogP contribution >= 0.6 is 42.4 Å². The summed E-state index contributed by atoms with van der Waals surface area (Å²) in [4.78, 5) is 49.4. The summed E-state index contributed by atoms with van der Waals surface area (Å²) in [6.07, 6.45) is -4.79.